The van der Waals surface area contributed by atoms with Crippen LogP contribution in [0.15, 0.2) is 24.5 Å². The average molecular weight is 328 g/mol. The number of urea groups is 1. The summed E-state index contributed by atoms with van der Waals surface area (Å²) in [6.07, 6.45) is 3.42. The Kier molecular flexibility index (Phi) is 4.28. The molecular formula is C16H20N6O2. The summed E-state index contributed by atoms with van der Waals surface area (Å²) in [6, 6.07) is 3.45. The van der Waals surface area contributed by atoms with Crippen molar-refractivity contribution in [3.63, 3.8) is 0 Å². The first-order valence-corrected chi connectivity index (χ1v) is 7.88. The lowest BCUT2D eigenvalue weighted by atomic mass is 10.2. The highest BCUT2D eigenvalue weighted by Gasteiger charge is 2.39. The number of imide groups is 1. The van der Waals surface area contributed by atoms with Crippen molar-refractivity contribution in [2.75, 3.05) is 18.0 Å². The van der Waals surface area contributed by atoms with Gasteiger partial charge in [0.05, 0.1) is 12.2 Å². The van der Waals surface area contributed by atoms with E-state index in [1.807, 2.05) is 32.9 Å². The molecule has 0 bridgehead atoms. The predicted molar refractivity (Wildman–Crippen MR) is 87.4 cm³/mol. The maximum Gasteiger partial charge on any atom is 0.333 e. The van der Waals surface area contributed by atoms with Gasteiger partial charge in [0.15, 0.2) is 5.82 Å². The lowest BCUT2D eigenvalue weighted by molar-refractivity contribution is -0.116. The van der Waals surface area contributed by atoms with E-state index in [0.717, 1.165) is 10.5 Å². The van der Waals surface area contributed by atoms with Crippen molar-refractivity contribution < 1.29 is 9.59 Å². The normalized spacial score (nSPS) is 15.0. The molecular weight excluding hydrogens is 308 g/mol. The van der Waals surface area contributed by atoms with Gasteiger partial charge in [-0.3, -0.25) is 9.78 Å². The molecule has 3 rings (SSSR count). The third-order valence-electron chi connectivity index (χ3n) is 3.87. The molecule has 24 heavy (non-hydrogen) atoms. The minimum atomic E-state index is -0.326. The average Bonchev–Trinajstić information content (AvgIpc) is 3.01. The number of amides is 3. The molecule has 1 aliphatic heterocycles. The largest absolute Gasteiger partial charge is 0.333 e. The van der Waals surface area contributed by atoms with Gasteiger partial charge in [-0.2, -0.15) is 0 Å². The van der Waals surface area contributed by atoms with Gasteiger partial charge >= 0.3 is 6.03 Å². The number of aromatic nitrogens is 4. The number of hydrogen-bond donors (Lipinski definition) is 0. The van der Waals surface area contributed by atoms with Gasteiger partial charge in [-0.15, -0.1) is 5.10 Å². The van der Waals surface area contributed by atoms with E-state index < -0.39 is 0 Å². The molecule has 0 saturated carbocycles. The van der Waals surface area contributed by atoms with Gasteiger partial charge in [0.1, 0.15) is 6.54 Å². The molecule has 0 radical (unpaired) electrons. The number of carbonyl (C=O) groups excluding carboxylic acids is 2. The molecule has 0 aliphatic carbocycles. The number of carbonyl (C=O) groups is 2. The molecule has 2 aromatic rings. The van der Waals surface area contributed by atoms with Gasteiger partial charge in [-0.1, -0.05) is 19.1 Å². The van der Waals surface area contributed by atoms with Crippen LogP contribution in [0.3, 0.4) is 0 Å². The minimum absolute atomic E-state index is 0.0909. The van der Waals surface area contributed by atoms with E-state index >= 15 is 0 Å². The molecule has 3 amide bonds. The smallest absolute Gasteiger partial charge is 0.314 e. The van der Waals surface area contributed by atoms with Gasteiger partial charge in [-0.05, 0) is 30.5 Å². The summed E-state index contributed by atoms with van der Waals surface area (Å²) in [6.45, 7) is 6.97. The van der Waals surface area contributed by atoms with E-state index in [4.69, 9.17) is 0 Å². The third-order valence-corrected chi connectivity index (χ3v) is 3.87. The Labute approximate surface area is 140 Å². The molecule has 0 spiro atoms. The fourth-order valence-corrected chi connectivity index (χ4v) is 2.71. The number of rotatable bonds is 5. The van der Waals surface area contributed by atoms with Crippen LogP contribution in [-0.4, -0.2) is 49.9 Å². The minimum Gasteiger partial charge on any atom is -0.314 e. The summed E-state index contributed by atoms with van der Waals surface area (Å²) in [5.41, 5.74) is 1.70. The topological polar surface area (TPSA) is 84.2 Å². The Morgan fingerprint density at radius 3 is 2.58 bits per heavy atom. The van der Waals surface area contributed by atoms with E-state index in [-0.39, 0.29) is 18.5 Å². The summed E-state index contributed by atoms with van der Waals surface area (Å²) < 4.78 is 1.68. The molecule has 3 heterocycles. The van der Waals surface area contributed by atoms with E-state index in [0.29, 0.717) is 30.5 Å². The van der Waals surface area contributed by atoms with Crippen molar-refractivity contribution in [3.8, 4) is 0 Å². The zero-order valence-corrected chi connectivity index (χ0v) is 14.0. The summed E-state index contributed by atoms with van der Waals surface area (Å²) in [7, 11) is 0. The van der Waals surface area contributed by atoms with Crippen LogP contribution in [0.5, 0.6) is 0 Å². The highest BCUT2D eigenvalue weighted by atomic mass is 16.2. The second-order valence-corrected chi connectivity index (χ2v) is 6.30. The second-order valence-electron chi connectivity index (χ2n) is 6.30. The summed E-state index contributed by atoms with van der Waals surface area (Å²) in [4.78, 5) is 31.5. The van der Waals surface area contributed by atoms with E-state index in [1.165, 1.54) is 0 Å². The van der Waals surface area contributed by atoms with Gasteiger partial charge in [0.2, 0.25) is 0 Å². The lowest BCUT2D eigenvalue weighted by Crippen LogP contribution is -2.35. The van der Waals surface area contributed by atoms with Crippen molar-refractivity contribution in [2.45, 2.75) is 27.3 Å². The fourth-order valence-electron chi connectivity index (χ4n) is 2.71. The highest BCUT2D eigenvalue weighted by Crippen LogP contribution is 2.23. The first-order chi connectivity index (χ1) is 11.5. The number of hydrogen-bond acceptors (Lipinski definition) is 5. The molecule has 126 valence electrons. The van der Waals surface area contributed by atoms with Crippen LogP contribution >= 0.6 is 0 Å². The molecule has 1 fully saturated rings. The van der Waals surface area contributed by atoms with Crippen molar-refractivity contribution in [3.05, 3.63) is 35.8 Å². The van der Waals surface area contributed by atoms with Gasteiger partial charge in [0, 0.05) is 18.9 Å². The van der Waals surface area contributed by atoms with Crippen LogP contribution in [-0.2, 0) is 11.3 Å². The Hall–Kier alpha value is -2.77. The highest BCUT2D eigenvalue weighted by molar-refractivity contribution is 6.19. The Balaban J connectivity index is 1.83. The molecule has 1 saturated heterocycles. The van der Waals surface area contributed by atoms with E-state index in [9.17, 15) is 9.59 Å². The van der Waals surface area contributed by atoms with Gasteiger partial charge < -0.3 is 4.90 Å². The quantitative estimate of drug-likeness (QED) is 0.776. The molecule has 8 heteroatoms. The SMILES string of the molecule is Cc1c(N2C(=O)CN(CC(C)C)C2=O)nnn1Cc1ccncc1. The molecule has 0 atom stereocenters. The summed E-state index contributed by atoms with van der Waals surface area (Å²) in [5.74, 6) is 0.343. The van der Waals surface area contributed by atoms with Crippen molar-refractivity contribution in [2.24, 2.45) is 5.92 Å². The molecule has 1 aliphatic rings. The van der Waals surface area contributed by atoms with Crippen molar-refractivity contribution >= 4 is 17.8 Å². The summed E-state index contributed by atoms with van der Waals surface area (Å²) in [5, 5.41) is 8.16. The third kappa shape index (κ3) is 2.99. The molecule has 0 unspecified atom stereocenters. The Bertz CT molecular complexity index is 755. The van der Waals surface area contributed by atoms with Crippen molar-refractivity contribution in [1.29, 1.82) is 0 Å². The van der Waals surface area contributed by atoms with Crippen LogP contribution in [0.1, 0.15) is 25.1 Å². The Morgan fingerprint density at radius 2 is 1.92 bits per heavy atom. The standard InChI is InChI=1S/C16H20N6O2/c1-11(2)8-20-10-14(23)22(16(20)24)15-12(3)21(19-18-15)9-13-4-6-17-7-5-13/h4-7,11H,8-10H2,1-3H3. The van der Waals surface area contributed by atoms with Crippen LogP contribution < -0.4 is 4.90 Å². The second kappa shape index (κ2) is 6.38. The van der Waals surface area contributed by atoms with Gasteiger partial charge in [0.25, 0.3) is 5.91 Å². The number of nitrogens with zero attached hydrogens (tertiary/aromatic N) is 6. The summed E-state index contributed by atoms with van der Waals surface area (Å²) >= 11 is 0. The van der Waals surface area contributed by atoms with Gasteiger partial charge in [-0.25, -0.2) is 14.4 Å². The fraction of sp³-hybridized carbons (Fsp3) is 0.438. The zero-order chi connectivity index (χ0) is 17.3. The van der Waals surface area contributed by atoms with Crippen LogP contribution in [0.2, 0.25) is 0 Å². The number of pyridine rings is 1. The maximum atomic E-state index is 12.5. The zero-order valence-electron chi connectivity index (χ0n) is 14.0. The predicted octanol–water partition coefficient (Wildman–Crippen LogP) is 1.45. The monoisotopic (exact) mass is 328 g/mol. The first kappa shape index (κ1) is 16.1. The van der Waals surface area contributed by atoms with Crippen LogP contribution in [0, 0.1) is 12.8 Å². The van der Waals surface area contributed by atoms with Crippen molar-refractivity contribution in [1.82, 2.24) is 24.9 Å². The molecule has 2 aromatic heterocycles. The van der Waals surface area contributed by atoms with Crippen LogP contribution in [0.25, 0.3) is 0 Å². The molecule has 8 nitrogen and oxygen atoms in total. The van der Waals surface area contributed by atoms with Crippen LogP contribution in [0.4, 0.5) is 10.6 Å². The molecule has 0 aromatic carbocycles. The molecule has 0 N–H and O–H groups in total. The first-order valence-electron chi connectivity index (χ1n) is 7.88. The Morgan fingerprint density at radius 1 is 1.21 bits per heavy atom. The van der Waals surface area contributed by atoms with E-state index in [2.05, 4.69) is 15.3 Å². The van der Waals surface area contributed by atoms with E-state index in [1.54, 1.807) is 22.0 Å². The lowest BCUT2D eigenvalue weighted by Gasteiger charge is -2.17. The maximum absolute atomic E-state index is 12.5. The number of anilines is 1.